The number of thiophene rings is 1. The minimum atomic E-state index is -2.64. The van der Waals surface area contributed by atoms with Crippen molar-refractivity contribution in [3.63, 3.8) is 0 Å². The predicted octanol–water partition coefficient (Wildman–Crippen LogP) is 4.39. The van der Waals surface area contributed by atoms with Gasteiger partial charge in [0.15, 0.2) is 0 Å². The number of hydrogen-bond donors (Lipinski definition) is 0. The first-order valence-corrected chi connectivity index (χ1v) is 12.8. The monoisotopic (exact) mass is 444 g/mol. The van der Waals surface area contributed by atoms with Crippen LogP contribution in [0.25, 0.3) is 0 Å². The number of benzene rings is 1. The molecule has 1 fully saturated rings. The third-order valence-corrected chi connectivity index (χ3v) is 8.31. The van der Waals surface area contributed by atoms with E-state index < -0.39 is 15.6 Å². The van der Waals surface area contributed by atoms with E-state index in [-0.39, 0.29) is 11.7 Å². The van der Waals surface area contributed by atoms with Gasteiger partial charge in [-0.3, -0.25) is 9.59 Å². The average molecular weight is 445 g/mol. The van der Waals surface area contributed by atoms with E-state index in [0.29, 0.717) is 37.2 Å². The Balaban J connectivity index is 1.57. The summed E-state index contributed by atoms with van der Waals surface area (Å²) in [5.41, 5.74) is 1.75. The van der Waals surface area contributed by atoms with Gasteiger partial charge >= 0.3 is 0 Å². The second-order valence-corrected chi connectivity index (χ2v) is 11.5. The molecule has 5 nitrogen and oxygen atoms in total. The molecule has 1 aliphatic heterocycles. The molecule has 30 heavy (non-hydrogen) atoms. The standard InChI is InChI=1S/C23H28N2O3S2/c1-18-17-21(19(2)29-18)23(27)24-30(28)15-8-13-25(14-16-30)22(26)12-7-6-11-20-9-4-3-5-10-20/h3-7,9-10,17H,8,11-16H2,1-2H3/b7-6+. The van der Waals surface area contributed by atoms with Crippen LogP contribution in [0.1, 0.15) is 38.5 Å². The minimum absolute atomic E-state index is 0.0265. The Bertz CT molecular complexity index is 1050. The summed E-state index contributed by atoms with van der Waals surface area (Å²) in [6.07, 6.45) is 5.62. The Kier molecular flexibility index (Phi) is 7.61. The van der Waals surface area contributed by atoms with Gasteiger partial charge in [0.25, 0.3) is 5.91 Å². The van der Waals surface area contributed by atoms with Gasteiger partial charge in [-0.15, -0.1) is 11.3 Å². The highest BCUT2D eigenvalue weighted by atomic mass is 32.2. The van der Waals surface area contributed by atoms with E-state index in [1.54, 1.807) is 16.2 Å². The fraction of sp³-hybridized carbons (Fsp3) is 0.391. The molecule has 0 aliphatic carbocycles. The smallest absolute Gasteiger partial charge is 0.286 e. The Hall–Kier alpha value is -2.25. The highest BCUT2D eigenvalue weighted by Crippen LogP contribution is 2.22. The molecular formula is C23H28N2O3S2. The van der Waals surface area contributed by atoms with Crippen molar-refractivity contribution in [3.8, 4) is 0 Å². The van der Waals surface area contributed by atoms with Crippen LogP contribution in [0.15, 0.2) is 52.9 Å². The van der Waals surface area contributed by atoms with Crippen LogP contribution < -0.4 is 0 Å². The van der Waals surface area contributed by atoms with Crippen molar-refractivity contribution >= 4 is 32.9 Å². The molecule has 1 aromatic carbocycles. The molecule has 0 spiro atoms. The van der Waals surface area contributed by atoms with Crippen LogP contribution in [0.5, 0.6) is 0 Å². The zero-order valence-electron chi connectivity index (χ0n) is 17.5. The van der Waals surface area contributed by atoms with Gasteiger partial charge in [0.1, 0.15) is 0 Å². The third kappa shape index (κ3) is 6.12. The first kappa shape index (κ1) is 22.4. The topological polar surface area (TPSA) is 66.8 Å². The van der Waals surface area contributed by atoms with E-state index >= 15 is 0 Å². The van der Waals surface area contributed by atoms with Crippen LogP contribution in [0.4, 0.5) is 0 Å². The Morgan fingerprint density at radius 2 is 1.90 bits per heavy atom. The van der Waals surface area contributed by atoms with Crippen LogP contribution in [-0.4, -0.2) is 45.5 Å². The largest absolute Gasteiger partial charge is 0.341 e. The lowest BCUT2D eigenvalue weighted by molar-refractivity contribution is -0.130. The van der Waals surface area contributed by atoms with Crippen molar-refractivity contribution in [2.75, 3.05) is 24.6 Å². The Labute approximate surface area is 183 Å². The number of carbonyl (C=O) groups is 2. The van der Waals surface area contributed by atoms with E-state index in [9.17, 15) is 13.8 Å². The molecule has 2 heterocycles. The molecule has 2 amide bonds. The molecule has 1 aliphatic rings. The summed E-state index contributed by atoms with van der Waals surface area (Å²) >= 11 is 1.54. The third-order valence-electron chi connectivity index (χ3n) is 5.10. The summed E-state index contributed by atoms with van der Waals surface area (Å²) in [4.78, 5) is 28.8. The molecule has 1 atom stereocenters. The van der Waals surface area contributed by atoms with Crippen LogP contribution in [0, 0.1) is 13.8 Å². The lowest BCUT2D eigenvalue weighted by Crippen LogP contribution is -2.33. The van der Waals surface area contributed by atoms with Crippen molar-refractivity contribution in [1.82, 2.24) is 4.90 Å². The summed E-state index contributed by atoms with van der Waals surface area (Å²) < 4.78 is 17.3. The number of allylic oxidation sites excluding steroid dienone is 1. The molecule has 1 unspecified atom stereocenters. The van der Waals surface area contributed by atoms with Crippen LogP contribution >= 0.6 is 11.3 Å². The van der Waals surface area contributed by atoms with Gasteiger partial charge in [0.05, 0.1) is 15.3 Å². The summed E-state index contributed by atoms with van der Waals surface area (Å²) in [6, 6.07) is 11.9. The predicted molar refractivity (Wildman–Crippen MR) is 124 cm³/mol. The summed E-state index contributed by atoms with van der Waals surface area (Å²) in [6.45, 7) is 4.76. The van der Waals surface area contributed by atoms with E-state index in [0.717, 1.165) is 16.2 Å². The number of hydrogen-bond acceptors (Lipinski definition) is 4. The van der Waals surface area contributed by atoms with E-state index in [4.69, 9.17) is 0 Å². The summed E-state index contributed by atoms with van der Waals surface area (Å²) in [5.74, 6) is 0.235. The maximum Gasteiger partial charge on any atom is 0.286 e. The number of amides is 2. The van der Waals surface area contributed by atoms with Crippen LogP contribution in [-0.2, 0) is 20.9 Å². The van der Waals surface area contributed by atoms with Crippen LogP contribution in [0.3, 0.4) is 0 Å². The number of rotatable bonds is 5. The fourth-order valence-electron chi connectivity index (χ4n) is 3.48. The van der Waals surface area contributed by atoms with Gasteiger partial charge in [-0.2, -0.15) is 4.36 Å². The fourth-order valence-corrected chi connectivity index (χ4v) is 6.27. The molecule has 160 valence electrons. The molecule has 0 bridgehead atoms. The van der Waals surface area contributed by atoms with E-state index in [1.807, 2.05) is 50.3 Å². The maximum atomic E-state index is 13.2. The minimum Gasteiger partial charge on any atom is -0.341 e. The van der Waals surface area contributed by atoms with Gasteiger partial charge < -0.3 is 4.90 Å². The Morgan fingerprint density at radius 1 is 1.13 bits per heavy atom. The number of aryl methyl sites for hydroxylation is 2. The molecule has 1 aromatic heterocycles. The number of nitrogens with zero attached hydrogens (tertiary/aromatic N) is 2. The average Bonchev–Trinajstić information content (AvgIpc) is 2.94. The first-order chi connectivity index (χ1) is 14.4. The second-order valence-electron chi connectivity index (χ2n) is 7.50. The summed E-state index contributed by atoms with van der Waals surface area (Å²) in [7, 11) is -2.64. The van der Waals surface area contributed by atoms with Crippen molar-refractivity contribution in [3.05, 3.63) is 69.4 Å². The molecule has 1 saturated heterocycles. The van der Waals surface area contributed by atoms with Gasteiger partial charge in [0, 0.05) is 40.8 Å². The SMILES string of the molecule is Cc1cc(C(=O)N=S2(=O)CCCN(C(=O)C/C=C/Cc3ccccc3)CC2)c(C)s1. The van der Waals surface area contributed by atoms with Gasteiger partial charge in [-0.25, -0.2) is 4.21 Å². The van der Waals surface area contributed by atoms with Crippen molar-refractivity contribution in [2.24, 2.45) is 4.36 Å². The highest BCUT2D eigenvalue weighted by molar-refractivity contribution is 7.93. The van der Waals surface area contributed by atoms with E-state index in [1.165, 1.54) is 5.56 Å². The highest BCUT2D eigenvalue weighted by Gasteiger charge is 2.23. The van der Waals surface area contributed by atoms with Gasteiger partial charge in [0.2, 0.25) is 5.91 Å². The number of carbonyl (C=O) groups excluding carboxylic acids is 2. The molecular weight excluding hydrogens is 416 g/mol. The molecule has 0 N–H and O–H groups in total. The zero-order valence-corrected chi connectivity index (χ0v) is 19.1. The molecule has 0 saturated carbocycles. The van der Waals surface area contributed by atoms with Crippen molar-refractivity contribution in [1.29, 1.82) is 0 Å². The van der Waals surface area contributed by atoms with E-state index in [2.05, 4.69) is 16.5 Å². The van der Waals surface area contributed by atoms with Crippen molar-refractivity contribution in [2.45, 2.75) is 33.1 Å². The molecule has 7 heteroatoms. The Morgan fingerprint density at radius 3 is 2.60 bits per heavy atom. The second kappa shape index (κ2) is 10.2. The normalized spacial score (nSPS) is 19.6. The lowest BCUT2D eigenvalue weighted by atomic mass is 10.1. The quantitative estimate of drug-likeness (QED) is 0.642. The van der Waals surface area contributed by atoms with Crippen LogP contribution in [0.2, 0.25) is 0 Å². The van der Waals surface area contributed by atoms with Gasteiger partial charge in [-0.05, 0) is 38.3 Å². The zero-order chi connectivity index (χ0) is 21.6. The van der Waals surface area contributed by atoms with Gasteiger partial charge in [-0.1, -0.05) is 42.5 Å². The first-order valence-electron chi connectivity index (χ1n) is 10.2. The lowest BCUT2D eigenvalue weighted by Gasteiger charge is -2.18. The molecule has 3 rings (SSSR count). The molecule has 0 radical (unpaired) electrons. The maximum absolute atomic E-state index is 13.2. The van der Waals surface area contributed by atoms with Crippen molar-refractivity contribution < 1.29 is 13.8 Å². The molecule has 2 aromatic rings. The summed E-state index contributed by atoms with van der Waals surface area (Å²) in [5, 5.41) is 0.